The molecule has 0 aromatic carbocycles. The van der Waals surface area contributed by atoms with Crippen molar-refractivity contribution in [3.8, 4) is 0 Å². The molecule has 0 aromatic rings. The molecule has 1 unspecified atom stereocenters. The van der Waals surface area contributed by atoms with Crippen LogP contribution in [0.5, 0.6) is 0 Å². The average Bonchev–Trinajstić information content (AvgIpc) is 1.75. The van der Waals surface area contributed by atoms with Gasteiger partial charge in [-0.2, -0.15) is 0 Å². The Morgan fingerprint density at radius 2 is 1.67 bits per heavy atom. The summed E-state index contributed by atoms with van der Waals surface area (Å²) < 4.78 is 4.22. The normalized spacial score (nSPS) is 17.3. The molecule has 0 saturated heterocycles. The largest absolute Gasteiger partial charge is 0.408 e. The van der Waals surface area contributed by atoms with Gasteiger partial charge >= 0.3 is 0 Å². The first-order valence-electron chi connectivity index (χ1n) is 4.64. The third-order valence-corrected chi connectivity index (χ3v) is 3.98. The van der Waals surface area contributed by atoms with E-state index in [1.54, 1.807) is 6.92 Å². The topological polar surface area (TPSA) is 26.3 Å². The van der Waals surface area contributed by atoms with Crippen molar-refractivity contribution in [2.45, 2.75) is 49.3 Å². The zero-order valence-corrected chi connectivity index (χ0v) is 12.9. The third kappa shape index (κ3) is 5.55. The molecule has 0 aromatic heterocycles. The lowest BCUT2D eigenvalue weighted by Gasteiger charge is -2.40. The zero-order chi connectivity index (χ0) is 12.5. The van der Waals surface area contributed by atoms with Gasteiger partial charge in [-0.15, -0.1) is 0 Å². The molecule has 0 aliphatic heterocycles. The lowest BCUT2D eigenvalue weighted by Crippen LogP contribution is -2.50. The molecule has 0 radical (unpaired) electrons. The quantitative estimate of drug-likeness (QED) is 0.579. The Hall–Kier alpha value is 0.717. The predicted octanol–water partition coefficient (Wildman–Crippen LogP) is 3.95. The van der Waals surface area contributed by atoms with Crippen LogP contribution in [0.2, 0.25) is 19.6 Å². The minimum atomic E-state index is -1.87. The monoisotopic (exact) mass is 290 g/mol. The number of alkyl halides is 3. The SMILES string of the molecule is CC(=O)CC(C)(O[Si](C)(C)C)C(Cl)(Cl)Cl. The predicted molar refractivity (Wildman–Crippen MR) is 68.4 cm³/mol. The number of Topliss-reactive ketones (excluding diaryl/α,β-unsaturated/α-hetero) is 1. The number of halogens is 3. The van der Waals surface area contributed by atoms with Crippen molar-refractivity contribution in [3.63, 3.8) is 0 Å². The van der Waals surface area contributed by atoms with Crippen LogP contribution in [-0.4, -0.2) is 23.5 Å². The third-order valence-electron chi connectivity index (χ3n) is 1.72. The molecular weight excluding hydrogens is 275 g/mol. The molecule has 0 heterocycles. The van der Waals surface area contributed by atoms with E-state index in [9.17, 15) is 4.79 Å². The maximum absolute atomic E-state index is 11.2. The summed E-state index contributed by atoms with van der Waals surface area (Å²) >= 11 is 17.6. The van der Waals surface area contributed by atoms with E-state index in [0.29, 0.717) is 0 Å². The molecule has 0 N–H and O–H groups in total. The summed E-state index contributed by atoms with van der Waals surface area (Å²) in [6.45, 7) is 9.09. The van der Waals surface area contributed by atoms with Crippen LogP contribution < -0.4 is 0 Å². The first-order chi connectivity index (χ1) is 6.37. The Morgan fingerprint density at radius 1 is 1.27 bits per heavy atom. The minimum absolute atomic E-state index is 0.0536. The smallest absolute Gasteiger partial charge is 0.218 e. The molecule has 90 valence electrons. The molecule has 2 nitrogen and oxygen atoms in total. The van der Waals surface area contributed by atoms with Crippen LogP contribution in [0.25, 0.3) is 0 Å². The zero-order valence-electron chi connectivity index (χ0n) is 9.66. The number of hydrogen-bond acceptors (Lipinski definition) is 2. The number of ketones is 1. The lowest BCUT2D eigenvalue weighted by molar-refractivity contribution is -0.120. The maximum Gasteiger partial charge on any atom is 0.218 e. The Morgan fingerprint density at radius 3 is 1.87 bits per heavy atom. The van der Waals surface area contributed by atoms with E-state index in [-0.39, 0.29) is 12.2 Å². The highest BCUT2D eigenvalue weighted by molar-refractivity contribution is 6.71. The van der Waals surface area contributed by atoms with Crippen molar-refractivity contribution in [2.24, 2.45) is 0 Å². The minimum Gasteiger partial charge on any atom is -0.408 e. The summed E-state index contributed by atoms with van der Waals surface area (Å²) in [5.74, 6) is -0.0536. The Kier molecular flexibility index (Phi) is 5.16. The van der Waals surface area contributed by atoms with Gasteiger partial charge in [0.25, 0.3) is 0 Å². The van der Waals surface area contributed by atoms with Crippen LogP contribution in [0.1, 0.15) is 20.3 Å². The summed E-state index contributed by atoms with van der Waals surface area (Å²) in [7, 11) is -1.87. The molecule has 6 heteroatoms. The van der Waals surface area contributed by atoms with Gasteiger partial charge in [-0.25, -0.2) is 0 Å². The molecule has 0 bridgehead atoms. The van der Waals surface area contributed by atoms with Crippen LogP contribution in [0.4, 0.5) is 0 Å². The number of hydrogen-bond donors (Lipinski definition) is 0. The van der Waals surface area contributed by atoms with E-state index >= 15 is 0 Å². The van der Waals surface area contributed by atoms with Crippen LogP contribution in [-0.2, 0) is 9.22 Å². The summed E-state index contributed by atoms with van der Waals surface area (Å²) in [5.41, 5.74) is -1.05. The maximum atomic E-state index is 11.2. The fraction of sp³-hybridized carbons (Fsp3) is 0.889. The summed E-state index contributed by atoms with van der Waals surface area (Å²) in [4.78, 5) is 11.2. The van der Waals surface area contributed by atoms with Crippen LogP contribution >= 0.6 is 34.8 Å². The highest BCUT2D eigenvalue weighted by Gasteiger charge is 2.48. The van der Waals surface area contributed by atoms with Crippen LogP contribution in [0.15, 0.2) is 0 Å². The van der Waals surface area contributed by atoms with E-state index in [1.165, 1.54) is 6.92 Å². The number of rotatable bonds is 4. The van der Waals surface area contributed by atoms with Gasteiger partial charge in [0.15, 0.2) is 8.32 Å². The van der Waals surface area contributed by atoms with Crippen LogP contribution in [0, 0.1) is 0 Å². The Labute approximate surface area is 107 Å². The van der Waals surface area contributed by atoms with E-state index in [1.807, 2.05) is 19.6 Å². The molecule has 0 amide bonds. The first kappa shape index (κ1) is 15.7. The van der Waals surface area contributed by atoms with Crippen molar-refractivity contribution >= 4 is 48.9 Å². The summed E-state index contributed by atoms with van der Waals surface area (Å²) in [6, 6.07) is 0. The van der Waals surface area contributed by atoms with Crippen LogP contribution in [0.3, 0.4) is 0 Å². The summed E-state index contributed by atoms with van der Waals surface area (Å²) in [6.07, 6.45) is 0.105. The molecule has 0 aliphatic carbocycles. The second-order valence-corrected chi connectivity index (χ2v) is 11.5. The fourth-order valence-corrected chi connectivity index (χ4v) is 3.43. The molecule has 0 fully saturated rings. The molecule has 0 spiro atoms. The second kappa shape index (κ2) is 4.92. The van der Waals surface area contributed by atoms with Gasteiger partial charge in [0.2, 0.25) is 3.79 Å². The number of carbonyl (C=O) groups is 1. The van der Waals surface area contributed by atoms with Gasteiger partial charge in [0.05, 0.1) is 0 Å². The standard InChI is InChI=1S/C9H17Cl3O2Si/c1-7(13)6-8(2,9(10,11)12)14-15(3,4)5/h6H2,1-5H3. The van der Waals surface area contributed by atoms with Gasteiger partial charge in [-0.1, -0.05) is 34.8 Å². The fourth-order valence-electron chi connectivity index (χ4n) is 1.35. The van der Waals surface area contributed by atoms with E-state index in [2.05, 4.69) is 0 Å². The summed E-state index contributed by atoms with van der Waals surface area (Å²) in [5, 5.41) is 0. The van der Waals surface area contributed by atoms with Gasteiger partial charge in [-0.3, -0.25) is 4.79 Å². The molecule has 15 heavy (non-hydrogen) atoms. The first-order valence-corrected chi connectivity index (χ1v) is 9.18. The van der Waals surface area contributed by atoms with Crippen molar-refractivity contribution in [1.82, 2.24) is 0 Å². The highest BCUT2D eigenvalue weighted by atomic mass is 35.6. The van der Waals surface area contributed by atoms with Gasteiger partial charge in [0, 0.05) is 6.42 Å². The Balaban J connectivity index is 4.96. The Bertz CT molecular complexity index is 245. The van der Waals surface area contributed by atoms with Gasteiger partial charge in [0.1, 0.15) is 11.4 Å². The van der Waals surface area contributed by atoms with Gasteiger partial charge < -0.3 is 4.43 Å². The average molecular weight is 292 g/mol. The van der Waals surface area contributed by atoms with E-state index in [0.717, 1.165) is 0 Å². The number of carbonyl (C=O) groups excluding carboxylic acids is 1. The molecule has 0 saturated carbocycles. The van der Waals surface area contributed by atoms with Crippen molar-refractivity contribution in [3.05, 3.63) is 0 Å². The molecular formula is C9H17Cl3O2Si. The highest BCUT2D eigenvalue weighted by Crippen LogP contribution is 2.44. The van der Waals surface area contributed by atoms with Crippen molar-refractivity contribution < 1.29 is 9.22 Å². The van der Waals surface area contributed by atoms with Crippen molar-refractivity contribution in [1.29, 1.82) is 0 Å². The molecule has 0 aliphatic rings. The van der Waals surface area contributed by atoms with Crippen molar-refractivity contribution in [2.75, 3.05) is 0 Å². The molecule has 0 rings (SSSR count). The van der Waals surface area contributed by atoms with E-state index in [4.69, 9.17) is 39.2 Å². The van der Waals surface area contributed by atoms with E-state index < -0.39 is 17.7 Å². The lowest BCUT2D eigenvalue weighted by atomic mass is 10.0. The second-order valence-electron chi connectivity index (χ2n) is 4.82. The van der Waals surface area contributed by atoms with Gasteiger partial charge in [-0.05, 0) is 33.5 Å². The molecule has 1 atom stereocenters.